The molecule has 1 atom stereocenters. The second-order valence-corrected chi connectivity index (χ2v) is 9.24. The van der Waals surface area contributed by atoms with Crippen molar-refractivity contribution in [1.29, 1.82) is 0 Å². The molecular formula is C28H27N3O6. The summed E-state index contributed by atoms with van der Waals surface area (Å²) in [6, 6.07) is 13.4. The van der Waals surface area contributed by atoms with Crippen LogP contribution in [0.25, 0.3) is 33.8 Å². The molecule has 2 aliphatic heterocycles. The molecule has 2 aromatic carbocycles. The Hall–Kier alpha value is -4.08. The third-order valence-electron chi connectivity index (χ3n) is 6.46. The number of rotatable bonds is 8. The summed E-state index contributed by atoms with van der Waals surface area (Å²) in [5.41, 5.74) is 3.74. The number of furan rings is 1. The summed E-state index contributed by atoms with van der Waals surface area (Å²) < 4.78 is 28.4. The molecule has 0 bridgehead atoms. The lowest BCUT2D eigenvalue weighted by Crippen LogP contribution is -2.38. The number of nitrogens with zero attached hydrogens (tertiary/aromatic N) is 3. The SMILES string of the molecule is C=C(C)c1nnc(-c2cc3c(OC[C@@H](O)CN4CC=C(c5ccc6c(c5)OCO6)CC4)cccc3o2)o1. The Kier molecular flexibility index (Phi) is 6.15. The summed E-state index contributed by atoms with van der Waals surface area (Å²) in [6.07, 6.45) is 2.46. The fourth-order valence-electron chi connectivity index (χ4n) is 4.53. The van der Waals surface area contributed by atoms with Crippen molar-refractivity contribution < 1.29 is 28.2 Å². The van der Waals surface area contributed by atoms with Gasteiger partial charge in [-0.05, 0) is 48.7 Å². The second-order valence-electron chi connectivity index (χ2n) is 9.24. The van der Waals surface area contributed by atoms with E-state index in [1.165, 1.54) is 5.57 Å². The molecule has 4 heterocycles. The van der Waals surface area contributed by atoms with Crippen LogP contribution in [0.1, 0.15) is 24.8 Å². The maximum Gasteiger partial charge on any atom is 0.283 e. The van der Waals surface area contributed by atoms with Crippen molar-refractivity contribution in [1.82, 2.24) is 15.1 Å². The lowest BCUT2D eigenvalue weighted by atomic mass is 9.99. The minimum atomic E-state index is -0.642. The first kappa shape index (κ1) is 23.3. The van der Waals surface area contributed by atoms with Crippen LogP contribution in [0.5, 0.6) is 17.2 Å². The number of aliphatic hydroxyl groups excluding tert-OH is 1. The van der Waals surface area contributed by atoms with E-state index in [0.29, 0.717) is 35.1 Å². The van der Waals surface area contributed by atoms with Gasteiger partial charge in [0.05, 0.1) is 5.39 Å². The van der Waals surface area contributed by atoms with E-state index in [1.54, 1.807) is 13.0 Å². The van der Waals surface area contributed by atoms with Gasteiger partial charge in [0.25, 0.3) is 5.89 Å². The van der Waals surface area contributed by atoms with Gasteiger partial charge in [0, 0.05) is 31.3 Å². The lowest BCUT2D eigenvalue weighted by Gasteiger charge is -2.28. The Morgan fingerprint density at radius 3 is 2.84 bits per heavy atom. The summed E-state index contributed by atoms with van der Waals surface area (Å²) in [5.74, 6) is 3.30. The molecule has 0 unspecified atom stereocenters. The predicted molar refractivity (Wildman–Crippen MR) is 137 cm³/mol. The summed E-state index contributed by atoms with van der Waals surface area (Å²) in [4.78, 5) is 2.22. The maximum absolute atomic E-state index is 10.7. The van der Waals surface area contributed by atoms with Crippen molar-refractivity contribution in [2.75, 3.05) is 33.0 Å². The van der Waals surface area contributed by atoms with E-state index in [4.69, 9.17) is 23.0 Å². The van der Waals surface area contributed by atoms with E-state index in [1.807, 2.05) is 30.3 Å². The quantitative estimate of drug-likeness (QED) is 0.365. The van der Waals surface area contributed by atoms with Gasteiger partial charge >= 0.3 is 0 Å². The summed E-state index contributed by atoms with van der Waals surface area (Å²) in [5, 5.41) is 19.5. The van der Waals surface area contributed by atoms with Crippen LogP contribution in [0.2, 0.25) is 0 Å². The molecule has 0 fully saturated rings. The standard InChI is InChI=1S/C28H27N3O6/c1-17(2)27-29-30-28(37-27)26-13-21-22(4-3-5-23(21)36-26)33-15-20(32)14-31-10-8-18(9-11-31)19-6-7-24-25(12-19)35-16-34-24/h3-8,12-13,20,32H,1,9-11,14-16H2,2H3/t20-/m0/s1. The Morgan fingerprint density at radius 1 is 1.14 bits per heavy atom. The number of aromatic nitrogens is 2. The molecule has 0 radical (unpaired) electrons. The molecular weight excluding hydrogens is 474 g/mol. The van der Waals surface area contributed by atoms with Gasteiger partial charge in [-0.15, -0.1) is 10.2 Å². The van der Waals surface area contributed by atoms with Crippen molar-refractivity contribution in [2.45, 2.75) is 19.4 Å². The number of fused-ring (bicyclic) bond motifs is 2. The maximum atomic E-state index is 10.7. The Morgan fingerprint density at radius 2 is 2.03 bits per heavy atom. The van der Waals surface area contributed by atoms with Crippen LogP contribution in [0, 0.1) is 0 Å². The summed E-state index contributed by atoms with van der Waals surface area (Å²) in [7, 11) is 0. The largest absolute Gasteiger partial charge is 0.490 e. The van der Waals surface area contributed by atoms with E-state index < -0.39 is 6.10 Å². The van der Waals surface area contributed by atoms with Gasteiger partial charge in [-0.25, -0.2) is 0 Å². The van der Waals surface area contributed by atoms with Crippen LogP contribution < -0.4 is 14.2 Å². The van der Waals surface area contributed by atoms with Crippen LogP contribution in [0.3, 0.4) is 0 Å². The monoisotopic (exact) mass is 501 g/mol. The average Bonchev–Trinajstić information content (AvgIpc) is 3.66. The van der Waals surface area contributed by atoms with E-state index in [2.05, 4.69) is 33.8 Å². The Labute approximate surface area is 213 Å². The van der Waals surface area contributed by atoms with E-state index in [-0.39, 0.29) is 19.3 Å². The second kappa shape index (κ2) is 9.76. The van der Waals surface area contributed by atoms with Crippen molar-refractivity contribution >= 4 is 22.1 Å². The zero-order valence-electron chi connectivity index (χ0n) is 20.5. The average molecular weight is 502 g/mol. The highest BCUT2D eigenvalue weighted by atomic mass is 16.7. The van der Waals surface area contributed by atoms with E-state index in [9.17, 15) is 5.11 Å². The summed E-state index contributed by atoms with van der Waals surface area (Å²) >= 11 is 0. The van der Waals surface area contributed by atoms with Gasteiger partial charge in [-0.3, -0.25) is 4.90 Å². The minimum absolute atomic E-state index is 0.162. The molecule has 9 nitrogen and oxygen atoms in total. The van der Waals surface area contributed by atoms with Crippen molar-refractivity contribution in [3.05, 3.63) is 66.6 Å². The molecule has 0 saturated heterocycles. The van der Waals surface area contributed by atoms with Crippen molar-refractivity contribution in [3.63, 3.8) is 0 Å². The highest BCUT2D eigenvalue weighted by Crippen LogP contribution is 2.36. The van der Waals surface area contributed by atoms with Gasteiger partial charge in [-0.1, -0.05) is 24.8 Å². The molecule has 6 rings (SSSR count). The van der Waals surface area contributed by atoms with Gasteiger partial charge < -0.3 is 28.2 Å². The number of benzene rings is 2. The summed E-state index contributed by atoms with van der Waals surface area (Å²) in [6.45, 7) is 8.18. The normalized spacial score (nSPS) is 16.1. The fraction of sp³-hybridized carbons (Fsp3) is 0.286. The number of ether oxygens (including phenoxy) is 3. The molecule has 0 amide bonds. The molecule has 0 saturated carbocycles. The molecule has 1 N–H and O–H groups in total. The van der Waals surface area contributed by atoms with Gasteiger partial charge in [0.2, 0.25) is 12.7 Å². The van der Waals surface area contributed by atoms with Gasteiger partial charge in [0.1, 0.15) is 24.0 Å². The molecule has 9 heteroatoms. The minimum Gasteiger partial charge on any atom is -0.490 e. The van der Waals surface area contributed by atoms with Crippen molar-refractivity contribution in [3.8, 4) is 28.9 Å². The first-order valence-corrected chi connectivity index (χ1v) is 12.2. The highest BCUT2D eigenvalue weighted by Gasteiger charge is 2.20. The van der Waals surface area contributed by atoms with Crippen LogP contribution in [-0.2, 0) is 0 Å². The molecule has 2 aliphatic rings. The topological polar surface area (TPSA) is 103 Å². The third-order valence-corrected chi connectivity index (χ3v) is 6.46. The molecule has 37 heavy (non-hydrogen) atoms. The van der Waals surface area contributed by atoms with E-state index in [0.717, 1.165) is 42.0 Å². The zero-order chi connectivity index (χ0) is 25.4. The van der Waals surface area contributed by atoms with Gasteiger partial charge in [-0.2, -0.15) is 0 Å². The lowest BCUT2D eigenvalue weighted by molar-refractivity contribution is 0.0722. The Bertz CT molecular complexity index is 1490. The molecule has 0 aliphatic carbocycles. The number of hydrogen-bond donors (Lipinski definition) is 1. The first-order chi connectivity index (χ1) is 18.0. The number of β-amino-alcohol motifs (C(OH)–C–C–N with tert-alkyl or cyclic N) is 1. The fourth-order valence-corrected chi connectivity index (χ4v) is 4.53. The molecule has 4 aromatic rings. The van der Waals surface area contributed by atoms with Crippen LogP contribution in [0.4, 0.5) is 0 Å². The molecule has 2 aromatic heterocycles. The Balaban J connectivity index is 1.06. The third kappa shape index (κ3) is 4.83. The predicted octanol–water partition coefficient (Wildman–Crippen LogP) is 4.77. The highest BCUT2D eigenvalue weighted by molar-refractivity contribution is 5.87. The van der Waals surface area contributed by atoms with Crippen LogP contribution in [-0.4, -0.2) is 59.3 Å². The first-order valence-electron chi connectivity index (χ1n) is 12.2. The van der Waals surface area contributed by atoms with Crippen LogP contribution in [0.15, 0.2) is 64.0 Å². The zero-order valence-corrected chi connectivity index (χ0v) is 20.5. The van der Waals surface area contributed by atoms with E-state index >= 15 is 0 Å². The molecule has 190 valence electrons. The number of aliphatic hydroxyl groups is 1. The smallest absolute Gasteiger partial charge is 0.283 e. The molecule has 0 spiro atoms. The number of allylic oxidation sites excluding steroid dienone is 1. The van der Waals surface area contributed by atoms with Crippen LogP contribution >= 0.6 is 0 Å². The number of hydrogen-bond acceptors (Lipinski definition) is 9. The van der Waals surface area contributed by atoms with Gasteiger partial charge in [0.15, 0.2) is 17.3 Å². The van der Waals surface area contributed by atoms with Crippen molar-refractivity contribution in [2.24, 2.45) is 0 Å².